The minimum atomic E-state index is -1.82. The zero-order chi connectivity index (χ0) is 14.6. The van der Waals surface area contributed by atoms with Crippen molar-refractivity contribution in [2.75, 3.05) is 26.2 Å². The van der Waals surface area contributed by atoms with Gasteiger partial charge in [-0.25, -0.2) is 9.59 Å². The summed E-state index contributed by atoms with van der Waals surface area (Å²) in [5.41, 5.74) is 2.10. The van der Waals surface area contributed by atoms with Crippen molar-refractivity contribution < 1.29 is 19.8 Å². The summed E-state index contributed by atoms with van der Waals surface area (Å²) in [6.45, 7) is 6.17. The Morgan fingerprint density at radius 3 is 2.05 bits per heavy atom. The van der Waals surface area contributed by atoms with Gasteiger partial charge in [-0.05, 0) is 5.56 Å². The summed E-state index contributed by atoms with van der Waals surface area (Å²) in [5.74, 6) is -3.65. The third kappa shape index (κ3) is 3.55. The highest BCUT2D eigenvalue weighted by Gasteiger charge is 2.46. The molecule has 0 aromatic heterocycles. The molecular weight excluding hydrogens is 260 g/mol. The van der Waals surface area contributed by atoms with Gasteiger partial charge in [0.15, 0.2) is 0 Å². The Hall–Kier alpha value is -1.92. The second kappa shape index (κ2) is 6.02. The monoisotopic (exact) mass is 278 g/mol. The number of aliphatic carboxylic acids is 2. The molecular formula is C14H18N2O4. The quantitative estimate of drug-likeness (QED) is 0.672. The van der Waals surface area contributed by atoms with E-state index in [9.17, 15) is 0 Å². The Labute approximate surface area is 117 Å². The molecule has 0 unspecified atom stereocenters. The van der Waals surface area contributed by atoms with Crippen molar-refractivity contribution in [1.82, 2.24) is 10.2 Å². The van der Waals surface area contributed by atoms with Crippen LogP contribution in [0, 0.1) is 5.41 Å². The van der Waals surface area contributed by atoms with E-state index < -0.39 is 11.9 Å². The summed E-state index contributed by atoms with van der Waals surface area (Å²) < 4.78 is 0. The van der Waals surface area contributed by atoms with Crippen molar-refractivity contribution in [2.24, 2.45) is 5.41 Å². The van der Waals surface area contributed by atoms with Gasteiger partial charge >= 0.3 is 11.9 Å². The van der Waals surface area contributed by atoms with Crippen molar-refractivity contribution in [1.29, 1.82) is 0 Å². The molecule has 20 heavy (non-hydrogen) atoms. The van der Waals surface area contributed by atoms with Crippen LogP contribution in [0.15, 0.2) is 30.3 Å². The molecule has 2 fully saturated rings. The summed E-state index contributed by atoms with van der Waals surface area (Å²) in [6.07, 6.45) is 0. The number of hydrogen-bond acceptors (Lipinski definition) is 4. The first-order valence-electron chi connectivity index (χ1n) is 6.44. The fourth-order valence-corrected chi connectivity index (χ4v) is 2.56. The smallest absolute Gasteiger partial charge is 0.414 e. The van der Waals surface area contributed by atoms with E-state index in [1.807, 2.05) is 0 Å². The second-order valence-corrected chi connectivity index (χ2v) is 5.34. The molecule has 0 bridgehead atoms. The van der Waals surface area contributed by atoms with Crippen molar-refractivity contribution >= 4 is 11.9 Å². The molecule has 6 heteroatoms. The molecule has 1 aromatic rings. The molecule has 0 amide bonds. The molecule has 2 saturated heterocycles. The van der Waals surface area contributed by atoms with Gasteiger partial charge in [0.2, 0.25) is 0 Å². The Kier molecular flexibility index (Phi) is 4.36. The molecule has 3 N–H and O–H groups in total. The molecule has 108 valence electrons. The van der Waals surface area contributed by atoms with Crippen LogP contribution in [0.3, 0.4) is 0 Å². The molecule has 3 rings (SSSR count). The number of nitrogens with one attached hydrogen (secondary N) is 1. The largest absolute Gasteiger partial charge is 0.473 e. The maximum atomic E-state index is 9.10. The van der Waals surface area contributed by atoms with Crippen LogP contribution in [0.1, 0.15) is 5.56 Å². The lowest BCUT2D eigenvalue weighted by atomic mass is 9.74. The lowest BCUT2D eigenvalue weighted by molar-refractivity contribution is -0.159. The summed E-state index contributed by atoms with van der Waals surface area (Å²) in [5, 5.41) is 18.1. The topological polar surface area (TPSA) is 89.9 Å². The van der Waals surface area contributed by atoms with E-state index in [-0.39, 0.29) is 0 Å². The van der Waals surface area contributed by atoms with Gasteiger partial charge in [-0.1, -0.05) is 30.3 Å². The van der Waals surface area contributed by atoms with Crippen molar-refractivity contribution in [3.8, 4) is 0 Å². The van der Waals surface area contributed by atoms with Gasteiger partial charge in [0.25, 0.3) is 0 Å². The SMILES string of the molecule is O=C(O)C(=O)O.c1ccc(CN2CC3(CNC3)C2)cc1. The maximum absolute atomic E-state index is 9.10. The molecule has 1 aromatic carbocycles. The number of nitrogens with zero attached hydrogens (tertiary/aromatic N) is 1. The average Bonchev–Trinajstić information content (AvgIpc) is 2.33. The summed E-state index contributed by atoms with van der Waals surface area (Å²) in [6, 6.07) is 10.7. The van der Waals surface area contributed by atoms with Crippen LogP contribution in [-0.2, 0) is 16.1 Å². The number of benzene rings is 1. The van der Waals surface area contributed by atoms with E-state index in [0.29, 0.717) is 5.41 Å². The molecule has 2 aliphatic heterocycles. The first kappa shape index (κ1) is 14.5. The predicted octanol–water partition coefficient (Wildman–Crippen LogP) is 0.247. The van der Waals surface area contributed by atoms with Crippen LogP contribution in [0.4, 0.5) is 0 Å². The first-order valence-corrected chi connectivity index (χ1v) is 6.44. The second-order valence-electron chi connectivity index (χ2n) is 5.34. The number of hydrogen-bond donors (Lipinski definition) is 3. The third-order valence-electron chi connectivity index (χ3n) is 3.55. The van der Waals surface area contributed by atoms with Crippen molar-refractivity contribution in [3.05, 3.63) is 35.9 Å². The van der Waals surface area contributed by atoms with Gasteiger partial charge in [0.05, 0.1) is 0 Å². The van der Waals surface area contributed by atoms with Gasteiger partial charge in [0, 0.05) is 38.1 Å². The first-order chi connectivity index (χ1) is 9.51. The number of carbonyl (C=O) groups is 2. The van der Waals surface area contributed by atoms with E-state index in [1.54, 1.807) is 0 Å². The van der Waals surface area contributed by atoms with E-state index in [0.717, 1.165) is 6.54 Å². The Morgan fingerprint density at radius 1 is 1.10 bits per heavy atom. The highest BCUT2D eigenvalue weighted by Crippen LogP contribution is 2.34. The number of carboxylic acids is 2. The molecule has 0 atom stereocenters. The number of carboxylic acid groups (broad SMARTS) is 2. The third-order valence-corrected chi connectivity index (χ3v) is 3.55. The van der Waals surface area contributed by atoms with Gasteiger partial charge in [-0.15, -0.1) is 0 Å². The Bertz CT molecular complexity index is 465. The van der Waals surface area contributed by atoms with Crippen LogP contribution in [-0.4, -0.2) is 53.2 Å². The van der Waals surface area contributed by atoms with E-state index in [1.165, 1.54) is 31.7 Å². The average molecular weight is 278 g/mol. The Morgan fingerprint density at radius 2 is 1.65 bits per heavy atom. The molecule has 2 heterocycles. The van der Waals surface area contributed by atoms with Crippen LogP contribution in [0.2, 0.25) is 0 Å². The fraction of sp³-hybridized carbons (Fsp3) is 0.429. The van der Waals surface area contributed by atoms with Gasteiger partial charge in [0.1, 0.15) is 0 Å². The standard InChI is InChI=1S/C12H16N2.C2H2O4/c1-2-4-11(5-3-1)6-14-9-12(10-14)7-13-8-12;3-1(4)2(5)6/h1-5,13H,6-10H2;(H,3,4)(H,5,6). The van der Waals surface area contributed by atoms with Crippen LogP contribution in [0.25, 0.3) is 0 Å². The van der Waals surface area contributed by atoms with Gasteiger partial charge in [-0.2, -0.15) is 0 Å². The molecule has 6 nitrogen and oxygen atoms in total. The fourth-order valence-electron chi connectivity index (χ4n) is 2.56. The maximum Gasteiger partial charge on any atom is 0.414 e. The molecule has 0 saturated carbocycles. The number of rotatable bonds is 2. The summed E-state index contributed by atoms with van der Waals surface area (Å²) >= 11 is 0. The van der Waals surface area contributed by atoms with Gasteiger partial charge in [-0.3, -0.25) is 4.90 Å². The van der Waals surface area contributed by atoms with Gasteiger partial charge < -0.3 is 15.5 Å². The highest BCUT2D eigenvalue weighted by atomic mass is 16.4. The molecule has 0 radical (unpaired) electrons. The zero-order valence-electron chi connectivity index (χ0n) is 11.1. The molecule has 0 aliphatic carbocycles. The lowest BCUT2D eigenvalue weighted by Gasteiger charge is -2.56. The van der Waals surface area contributed by atoms with Crippen LogP contribution >= 0.6 is 0 Å². The highest BCUT2D eigenvalue weighted by molar-refractivity contribution is 6.27. The van der Waals surface area contributed by atoms with E-state index in [2.05, 4.69) is 40.5 Å². The summed E-state index contributed by atoms with van der Waals surface area (Å²) in [7, 11) is 0. The Balaban J connectivity index is 0.000000212. The van der Waals surface area contributed by atoms with Crippen molar-refractivity contribution in [3.63, 3.8) is 0 Å². The zero-order valence-corrected chi connectivity index (χ0v) is 11.1. The normalized spacial score (nSPS) is 19.2. The van der Waals surface area contributed by atoms with Crippen LogP contribution < -0.4 is 5.32 Å². The minimum Gasteiger partial charge on any atom is -0.473 e. The lowest BCUT2D eigenvalue weighted by Crippen LogP contribution is -2.70. The summed E-state index contributed by atoms with van der Waals surface area (Å²) in [4.78, 5) is 20.7. The van der Waals surface area contributed by atoms with E-state index in [4.69, 9.17) is 19.8 Å². The minimum absolute atomic E-state index is 0.661. The van der Waals surface area contributed by atoms with Crippen molar-refractivity contribution in [2.45, 2.75) is 6.54 Å². The molecule has 2 aliphatic rings. The predicted molar refractivity (Wildman–Crippen MR) is 72.3 cm³/mol. The number of likely N-dealkylation sites (tertiary alicyclic amines) is 1. The molecule has 1 spiro atoms. The van der Waals surface area contributed by atoms with Crippen LogP contribution in [0.5, 0.6) is 0 Å². The van der Waals surface area contributed by atoms with E-state index >= 15 is 0 Å².